The van der Waals surface area contributed by atoms with Crippen LogP contribution in [0.15, 0.2) is 72.8 Å². The Morgan fingerprint density at radius 3 is 2.39 bits per heavy atom. The normalized spacial score (nSPS) is 22.5. The van der Waals surface area contributed by atoms with Gasteiger partial charge in [-0.2, -0.15) is 5.21 Å². The molecule has 2 saturated carbocycles. The van der Waals surface area contributed by atoms with E-state index in [1.54, 1.807) is 35.2 Å². The van der Waals surface area contributed by atoms with Gasteiger partial charge in [0.2, 0.25) is 10.0 Å². The summed E-state index contributed by atoms with van der Waals surface area (Å²) >= 11 is 12.8. The topological polar surface area (TPSA) is 121 Å². The van der Waals surface area contributed by atoms with Crippen LogP contribution in [0.3, 0.4) is 0 Å². The van der Waals surface area contributed by atoms with E-state index in [9.17, 15) is 13.2 Å². The third kappa shape index (κ3) is 6.23. The molecule has 3 aliphatic rings. The minimum absolute atomic E-state index is 0.0219. The lowest BCUT2D eigenvalue weighted by Gasteiger charge is -2.49. The van der Waals surface area contributed by atoms with E-state index < -0.39 is 45.4 Å². The first kappa shape index (κ1) is 31.0. The van der Waals surface area contributed by atoms with Crippen molar-refractivity contribution in [1.82, 2.24) is 25.5 Å². The van der Waals surface area contributed by atoms with E-state index in [-0.39, 0.29) is 30.5 Å². The second-order valence-electron chi connectivity index (χ2n) is 12.0. The molecule has 10 nitrogen and oxygen atoms in total. The highest BCUT2D eigenvalue weighted by atomic mass is 35.5. The van der Waals surface area contributed by atoms with E-state index in [0.29, 0.717) is 28.7 Å². The number of carbonyl (C=O) groups is 1. The third-order valence-corrected chi connectivity index (χ3v) is 11.6. The summed E-state index contributed by atoms with van der Waals surface area (Å²) in [6, 6.07) is 19.0. The molecule has 3 fully saturated rings. The van der Waals surface area contributed by atoms with Crippen molar-refractivity contribution in [2.45, 2.75) is 61.6 Å². The standard InChI is InChI=1S/C32H31Cl2FN6O4S/c33-22-12-10-20(11-13-22)30-31(21-4-3-5-23(34)16-21)45-28(17-29-36-38-39-37-29)32(42)41(30)27(19-8-9-19)18-40(46(43,44)24-14-15-24)26-7-2-1-6-25(26)35/h1-7,10-13,16,19,24,27-28,30-31H,8-9,14-15,17-18H2,(H,36,37,38,39). The Bertz CT molecular complexity index is 1820. The average Bonchev–Trinajstić information content (AvgIpc) is 3.98. The number of halogens is 3. The molecule has 240 valence electrons. The molecule has 3 aromatic carbocycles. The van der Waals surface area contributed by atoms with Crippen LogP contribution < -0.4 is 4.31 Å². The van der Waals surface area contributed by atoms with Gasteiger partial charge >= 0.3 is 0 Å². The fourth-order valence-corrected chi connectivity index (χ4v) is 8.49. The molecule has 4 aromatic rings. The zero-order valence-electron chi connectivity index (χ0n) is 24.5. The van der Waals surface area contributed by atoms with Crippen molar-refractivity contribution in [2.75, 3.05) is 10.8 Å². The molecule has 1 aliphatic heterocycles. The maximum absolute atomic E-state index is 15.4. The Hall–Kier alpha value is -3.58. The monoisotopic (exact) mass is 684 g/mol. The molecule has 4 unspecified atom stereocenters. The first-order valence-corrected chi connectivity index (χ1v) is 17.4. The molecule has 1 saturated heterocycles. The van der Waals surface area contributed by atoms with Crippen LogP contribution in [0.4, 0.5) is 10.1 Å². The van der Waals surface area contributed by atoms with Gasteiger partial charge in [0.15, 0.2) is 5.82 Å². The number of para-hydroxylation sites is 1. The molecule has 2 aliphatic carbocycles. The Labute approximate surface area is 275 Å². The molecular weight excluding hydrogens is 654 g/mol. The number of tetrazole rings is 1. The zero-order valence-corrected chi connectivity index (χ0v) is 26.9. The second-order valence-corrected chi connectivity index (χ2v) is 15.0. The van der Waals surface area contributed by atoms with Gasteiger partial charge in [0.25, 0.3) is 5.91 Å². The average molecular weight is 686 g/mol. The highest BCUT2D eigenvalue weighted by Gasteiger charge is 2.52. The van der Waals surface area contributed by atoms with Gasteiger partial charge in [-0.1, -0.05) is 64.8 Å². The van der Waals surface area contributed by atoms with E-state index in [1.807, 2.05) is 24.3 Å². The molecule has 1 aromatic heterocycles. The molecule has 46 heavy (non-hydrogen) atoms. The fourth-order valence-electron chi connectivity index (χ4n) is 6.29. The van der Waals surface area contributed by atoms with Gasteiger partial charge in [0.05, 0.1) is 29.6 Å². The largest absolute Gasteiger partial charge is 0.357 e. The van der Waals surface area contributed by atoms with Gasteiger partial charge in [-0.15, -0.1) is 10.2 Å². The molecule has 0 radical (unpaired) electrons. The minimum Gasteiger partial charge on any atom is -0.357 e. The molecule has 0 spiro atoms. The second kappa shape index (κ2) is 12.6. The first-order chi connectivity index (χ1) is 22.2. The smallest absolute Gasteiger partial charge is 0.253 e. The number of ether oxygens (including phenoxy) is 1. The van der Waals surface area contributed by atoms with Crippen molar-refractivity contribution in [3.8, 4) is 0 Å². The zero-order chi connectivity index (χ0) is 32.0. The molecule has 2 heterocycles. The van der Waals surface area contributed by atoms with Crippen molar-refractivity contribution in [3.05, 3.63) is 106 Å². The summed E-state index contributed by atoms with van der Waals surface area (Å²) in [5.74, 6) is -0.723. The number of sulfonamides is 1. The van der Waals surface area contributed by atoms with E-state index >= 15 is 4.39 Å². The van der Waals surface area contributed by atoms with Gasteiger partial charge in [-0.25, -0.2) is 12.8 Å². The van der Waals surface area contributed by atoms with Crippen LogP contribution in [-0.2, 0) is 26.0 Å². The summed E-state index contributed by atoms with van der Waals surface area (Å²) in [6.45, 7) is -0.114. The van der Waals surface area contributed by atoms with Crippen molar-refractivity contribution in [1.29, 1.82) is 0 Å². The lowest BCUT2D eigenvalue weighted by molar-refractivity contribution is -0.179. The number of carbonyl (C=O) groups excluding carboxylic acids is 1. The van der Waals surface area contributed by atoms with E-state index in [2.05, 4.69) is 20.6 Å². The highest BCUT2D eigenvalue weighted by Crippen LogP contribution is 2.49. The molecule has 14 heteroatoms. The van der Waals surface area contributed by atoms with Gasteiger partial charge < -0.3 is 9.64 Å². The SMILES string of the molecule is O=C1C(Cc2nn[nH]n2)OC(c2cccc(Cl)c2)C(c2ccc(Cl)cc2)N1C(CN(c1ccccc1F)S(=O)(=O)C1CC1)C1CC1. The summed E-state index contributed by atoms with van der Waals surface area (Å²) in [5.41, 5.74) is 1.45. The predicted octanol–water partition coefficient (Wildman–Crippen LogP) is 5.68. The minimum atomic E-state index is -3.92. The predicted molar refractivity (Wildman–Crippen MR) is 170 cm³/mol. The van der Waals surface area contributed by atoms with Crippen molar-refractivity contribution in [3.63, 3.8) is 0 Å². The Kier molecular flexibility index (Phi) is 8.47. The first-order valence-electron chi connectivity index (χ1n) is 15.2. The van der Waals surface area contributed by atoms with Crippen LogP contribution in [0.1, 0.15) is 54.8 Å². The number of hydrogen-bond donors (Lipinski definition) is 1. The number of aromatic nitrogens is 4. The Balaban J connectivity index is 1.37. The number of nitrogens with one attached hydrogen (secondary N) is 1. The number of aromatic amines is 1. The van der Waals surface area contributed by atoms with E-state index in [4.69, 9.17) is 27.9 Å². The molecule has 0 bridgehead atoms. The van der Waals surface area contributed by atoms with Crippen LogP contribution in [-0.4, -0.2) is 63.8 Å². The van der Waals surface area contributed by atoms with Crippen LogP contribution in [0.2, 0.25) is 10.0 Å². The molecule has 1 amide bonds. The number of anilines is 1. The van der Waals surface area contributed by atoms with Crippen LogP contribution >= 0.6 is 23.2 Å². The molecule has 7 rings (SSSR count). The number of nitrogens with zero attached hydrogens (tertiary/aromatic N) is 5. The summed E-state index contributed by atoms with van der Waals surface area (Å²) in [5, 5.41) is 14.6. The van der Waals surface area contributed by atoms with Gasteiger partial charge in [0.1, 0.15) is 18.0 Å². The maximum atomic E-state index is 15.4. The Morgan fingerprint density at radius 2 is 1.74 bits per heavy atom. The van der Waals surface area contributed by atoms with Crippen molar-refractivity contribution < 1.29 is 22.3 Å². The quantitative estimate of drug-likeness (QED) is 0.216. The van der Waals surface area contributed by atoms with Crippen LogP contribution in [0.5, 0.6) is 0 Å². The number of H-pyrrole nitrogens is 1. The summed E-state index contributed by atoms with van der Waals surface area (Å²) in [4.78, 5) is 16.5. The van der Waals surface area contributed by atoms with E-state index in [0.717, 1.165) is 24.0 Å². The van der Waals surface area contributed by atoms with Crippen LogP contribution in [0.25, 0.3) is 0 Å². The maximum Gasteiger partial charge on any atom is 0.253 e. The van der Waals surface area contributed by atoms with Gasteiger partial charge in [-0.05, 0) is 79.1 Å². The highest BCUT2D eigenvalue weighted by molar-refractivity contribution is 7.93. The lowest BCUT2D eigenvalue weighted by Crippen LogP contribution is -2.59. The van der Waals surface area contributed by atoms with Crippen LogP contribution in [0, 0.1) is 11.7 Å². The van der Waals surface area contributed by atoms with Crippen molar-refractivity contribution >= 4 is 44.8 Å². The fraction of sp³-hybridized carbons (Fsp3) is 0.375. The van der Waals surface area contributed by atoms with Crippen molar-refractivity contribution in [2.24, 2.45) is 5.92 Å². The lowest BCUT2D eigenvalue weighted by atomic mass is 9.89. The van der Waals surface area contributed by atoms with Gasteiger partial charge in [0, 0.05) is 16.5 Å². The number of benzene rings is 3. The number of morpholine rings is 1. The summed E-state index contributed by atoms with van der Waals surface area (Å²) < 4.78 is 51.1. The number of hydrogen-bond acceptors (Lipinski definition) is 7. The molecular formula is C32H31Cl2FN6O4S. The Morgan fingerprint density at radius 1 is 0.978 bits per heavy atom. The summed E-state index contributed by atoms with van der Waals surface area (Å²) in [7, 11) is -3.92. The third-order valence-electron chi connectivity index (χ3n) is 8.82. The summed E-state index contributed by atoms with van der Waals surface area (Å²) in [6.07, 6.45) is 0.892. The number of amides is 1. The number of rotatable bonds is 11. The van der Waals surface area contributed by atoms with Gasteiger partial charge in [-0.3, -0.25) is 9.10 Å². The van der Waals surface area contributed by atoms with E-state index in [1.165, 1.54) is 22.5 Å². The molecule has 1 N–H and O–H groups in total. The molecule has 4 atom stereocenters.